The first-order valence-corrected chi connectivity index (χ1v) is 8.40. The summed E-state index contributed by atoms with van der Waals surface area (Å²) in [4.78, 5) is 34.7. The topological polar surface area (TPSA) is 84.5 Å². The van der Waals surface area contributed by atoms with Crippen molar-refractivity contribution >= 4 is 40.6 Å². The zero-order chi connectivity index (χ0) is 19.1. The molecule has 0 aliphatic carbocycles. The predicted molar refractivity (Wildman–Crippen MR) is 101 cm³/mol. The maximum absolute atomic E-state index is 12.1. The minimum absolute atomic E-state index is 0.0426. The number of carbonyl (C=O) groups excluding carboxylic acids is 3. The minimum Gasteiger partial charge on any atom is -0.484 e. The molecule has 0 saturated carbocycles. The van der Waals surface area contributed by atoms with Gasteiger partial charge in [0.2, 0.25) is 5.91 Å². The van der Waals surface area contributed by atoms with Gasteiger partial charge in [-0.2, -0.15) is 0 Å². The summed E-state index contributed by atoms with van der Waals surface area (Å²) in [7, 11) is 0. The molecular weight excluding hydrogens is 356 g/mol. The van der Waals surface area contributed by atoms with E-state index < -0.39 is 5.91 Å². The fourth-order valence-corrected chi connectivity index (χ4v) is 2.23. The van der Waals surface area contributed by atoms with Crippen molar-refractivity contribution in [1.29, 1.82) is 0 Å². The summed E-state index contributed by atoms with van der Waals surface area (Å²) in [5.74, 6) is -0.109. The Kier molecular flexibility index (Phi) is 6.74. The van der Waals surface area contributed by atoms with Gasteiger partial charge in [-0.05, 0) is 49.4 Å². The van der Waals surface area contributed by atoms with Gasteiger partial charge in [-0.25, -0.2) is 0 Å². The molecule has 136 valence electrons. The van der Waals surface area contributed by atoms with Gasteiger partial charge in [0, 0.05) is 17.7 Å². The lowest BCUT2D eigenvalue weighted by Crippen LogP contribution is -2.20. The quantitative estimate of drug-likeness (QED) is 0.719. The molecule has 0 aliphatic heterocycles. The van der Waals surface area contributed by atoms with Crippen molar-refractivity contribution in [1.82, 2.24) is 0 Å². The Bertz CT molecular complexity index is 819. The van der Waals surface area contributed by atoms with E-state index in [0.29, 0.717) is 34.1 Å². The zero-order valence-electron chi connectivity index (χ0n) is 14.5. The Labute approximate surface area is 156 Å². The second-order valence-corrected chi connectivity index (χ2v) is 5.92. The van der Waals surface area contributed by atoms with Gasteiger partial charge >= 0.3 is 0 Å². The van der Waals surface area contributed by atoms with Crippen LogP contribution in [0.5, 0.6) is 5.75 Å². The molecule has 0 aromatic heterocycles. The first-order valence-electron chi connectivity index (χ1n) is 8.02. The predicted octanol–water partition coefficient (Wildman–Crippen LogP) is 3.91. The van der Waals surface area contributed by atoms with Crippen molar-refractivity contribution in [2.24, 2.45) is 0 Å². The van der Waals surface area contributed by atoms with Crippen LogP contribution >= 0.6 is 11.6 Å². The highest BCUT2D eigenvalue weighted by Crippen LogP contribution is 2.25. The molecule has 0 bridgehead atoms. The molecule has 0 saturated heterocycles. The summed E-state index contributed by atoms with van der Waals surface area (Å²) in [6.45, 7) is 3.00. The van der Waals surface area contributed by atoms with Gasteiger partial charge in [0.05, 0.1) is 10.7 Å². The van der Waals surface area contributed by atoms with Crippen LogP contribution in [0.4, 0.5) is 11.4 Å². The van der Waals surface area contributed by atoms with Crippen LogP contribution in [-0.2, 0) is 9.59 Å². The van der Waals surface area contributed by atoms with Crippen molar-refractivity contribution < 1.29 is 19.1 Å². The summed E-state index contributed by atoms with van der Waals surface area (Å²) in [6.07, 6.45) is 0.348. The zero-order valence-corrected chi connectivity index (χ0v) is 15.2. The molecular formula is C19H19ClN2O4. The molecule has 7 heteroatoms. The number of Topliss-reactive ketones (excluding diaryl/α,β-unsaturated/α-hetero) is 1. The Hall–Kier alpha value is -2.86. The summed E-state index contributed by atoms with van der Waals surface area (Å²) in [6, 6.07) is 11.3. The van der Waals surface area contributed by atoms with Gasteiger partial charge in [0.1, 0.15) is 5.75 Å². The molecule has 0 fully saturated rings. The van der Waals surface area contributed by atoms with E-state index in [2.05, 4.69) is 10.6 Å². The molecule has 0 atom stereocenters. The third-order valence-corrected chi connectivity index (χ3v) is 3.81. The number of hydrogen-bond acceptors (Lipinski definition) is 4. The maximum Gasteiger partial charge on any atom is 0.262 e. The lowest BCUT2D eigenvalue weighted by molar-refractivity contribution is -0.118. The molecule has 2 aromatic rings. The molecule has 26 heavy (non-hydrogen) atoms. The maximum atomic E-state index is 12.1. The highest BCUT2D eigenvalue weighted by Gasteiger charge is 2.09. The summed E-state index contributed by atoms with van der Waals surface area (Å²) in [5.41, 5.74) is 1.48. The standard InChI is InChI=1S/C19H19ClN2O4/c1-3-18(24)21-14-6-9-16(20)17(10-14)22-19(25)11-26-15-7-4-13(5-8-15)12(2)23/h4-10H,3,11H2,1-2H3,(H,21,24)(H,22,25). The van der Waals surface area contributed by atoms with Gasteiger partial charge in [0.25, 0.3) is 5.91 Å². The van der Waals surface area contributed by atoms with Crippen molar-refractivity contribution in [2.45, 2.75) is 20.3 Å². The largest absolute Gasteiger partial charge is 0.484 e. The van der Waals surface area contributed by atoms with Crippen molar-refractivity contribution in [3.8, 4) is 5.75 Å². The fourth-order valence-electron chi connectivity index (χ4n) is 2.07. The van der Waals surface area contributed by atoms with E-state index in [1.54, 1.807) is 49.4 Å². The Balaban J connectivity index is 1.95. The normalized spacial score (nSPS) is 10.1. The molecule has 0 heterocycles. The van der Waals surface area contributed by atoms with Crippen LogP contribution in [0.15, 0.2) is 42.5 Å². The smallest absolute Gasteiger partial charge is 0.262 e. The SMILES string of the molecule is CCC(=O)Nc1ccc(Cl)c(NC(=O)COc2ccc(C(C)=O)cc2)c1. The molecule has 0 unspecified atom stereocenters. The first kappa shape index (κ1) is 19.5. The number of hydrogen-bond donors (Lipinski definition) is 2. The summed E-state index contributed by atoms with van der Waals surface area (Å²) in [5, 5.41) is 5.68. The van der Waals surface area contributed by atoms with Crippen LogP contribution in [-0.4, -0.2) is 24.2 Å². The molecule has 2 aromatic carbocycles. The molecule has 2 amide bonds. The van der Waals surface area contributed by atoms with Crippen molar-refractivity contribution in [3.63, 3.8) is 0 Å². The van der Waals surface area contributed by atoms with Gasteiger partial charge in [0.15, 0.2) is 12.4 Å². The van der Waals surface area contributed by atoms with Gasteiger partial charge < -0.3 is 15.4 Å². The van der Waals surface area contributed by atoms with Gasteiger partial charge in [-0.15, -0.1) is 0 Å². The molecule has 0 radical (unpaired) electrons. The average Bonchev–Trinajstić information content (AvgIpc) is 2.63. The number of carbonyl (C=O) groups is 3. The fraction of sp³-hybridized carbons (Fsp3) is 0.211. The Morgan fingerprint density at radius 1 is 1.00 bits per heavy atom. The van der Waals surface area contributed by atoms with Crippen LogP contribution in [0.25, 0.3) is 0 Å². The van der Waals surface area contributed by atoms with Crippen molar-refractivity contribution in [3.05, 3.63) is 53.1 Å². The number of ether oxygens (including phenoxy) is 1. The van der Waals surface area contributed by atoms with Crippen LogP contribution in [0.1, 0.15) is 30.6 Å². The van der Waals surface area contributed by atoms with E-state index in [-0.39, 0.29) is 18.3 Å². The minimum atomic E-state index is -0.401. The van der Waals surface area contributed by atoms with E-state index in [1.807, 2.05) is 0 Å². The molecule has 2 N–H and O–H groups in total. The highest BCUT2D eigenvalue weighted by molar-refractivity contribution is 6.33. The summed E-state index contributed by atoms with van der Waals surface area (Å²) >= 11 is 6.07. The van der Waals surface area contributed by atoms with Crippen molar-refractivity contribution in [2.75, 3.05) is 17.2 Å². The van der Waals surface area contributed by atoms with E-state index >= 15 is 0 Å². The number of benzene rings is 2. The molecule has 6 nitrogen and oxygen atoms in total. The number of rotatable bonds is 7. The number of amides is 2. The third kappa shape index (κ3) is 5.60. The Morgan fingerprint density at radius 3 is 2.31 bits per heavy atom. The van der Waals surface area contributed by atoms with Gasteiger partial charge in [-0.1, -0.05) is 18.5 Å². The number of halogens is 1. The highest BCUT2D eigenvalue weighted by atomic mass is 35.5. The number of anilines is 2. The molecule has 2 rings (SSSR count). The number of nitrogens with one attached hydrogen (secondary N) is 2. The van der Waals surface area contributed by atoms with E-state index in [9.17, 15) is 14.4 Å². The van der Waals surface area contributed by atoms with Gasteiger partial charge in [-0.3, -0.25) is 14.4 Å². The lowest BCUT2D eigenvalue weighted by atomic mass is 10.1. The van der Waals surface area contributed by atoms with Crippen LogP contribution < -0.4 is 15.4 Å². The Morgan fingerprint density at radius 2 is 1.69 bits per heavy atom. The molecule has 0 spiro atoms. The third-order valence-electron chi connectivity index (χ3n) is 3.48. The van der Waals surface area contributed by atoms with E-state index in [4.69, 9.17) is 16.3 Å². The molecule has 0 aliphatic rings. The van der Waals surface area contributed by atoms with Crippen LogP contribution in [0, 0.1) is 0 Å². The number of ketones is 1. The monoisotopic (exact) mass is 374 g/mol. The summed E-state index contributed by atoms with van der Waals surface area (Å²) < 4.78 is 5.39. The first-order chi connectivity index (χ1) is 12.4. The van der Waals surface area contributed by atoms with E-state index in [0.717, 1.165) is 0 Å². The van der Waals surface area contributed by atoms with Crippen LogP contribution in [0.3, 0.4) is 0 Å². The van der Waals surface area contributed by atoms with E-state index in [1.165, 1.54) is 6.92 Å². The average molecular weight is 375 g/mol. The second-order valence-electron chi connectivity index (χ2n) is 5.51. The second kappa shape index (κ2) is 9.01. The lowest BCUT2D eigenvalue weighted by Gasteiger charge is -2.11. The van der Waals surface area contributed by atoms with Crippen LogP contribution in [0.2, 0.25) is 5.02 Å².